The van der Waals surface area contributed by atoms with Crippen LogP contribution in [0, 0.1) is 13.0 Å². The molecule has 0 radical (unpaired) electrons. The maximum absolute atomic E-state index is 10.8. The number of hydrogen-bond acceptors (Lipinski definition) is 3. The average Bonchev–Trinajstić information content (AvgIpc) is 2.38. The second-order valence-electron chi connectivity index (χ2n) is 3.88. The van der Waals surface area contributed by atoms with Crippen molar-refractivity contribution >= 4 is 16.7 Å². The van der Waals surface area contributed by atoms with Crippen LogP contribution < -0.4 is 4.74 Å². The monoisotopic (exact) mass is 425 g/mol. The summed E-state index contributed by atoms with van der Waals surface area (Å²) in [5.74, 6) is 0.0367. The van der Waals surface area contributed by atoms with Crippen LogP contribution in [0.3, 0.4) is 0 Å². The predicted octanol–water partition coefficient (Wildman–Crippen LogP) is 3.01. The largest absolute Gasteiger partial charge is 0.457 e. The van der Waals surface area contributed by atoms with Gasteiger partial charge in [-0.1, -0.05) is 29.8 Å². The van der Waals surface area contributed by atoms with Gasteiger partial charge in [0.25, 0.3) is 0 Å². The van der Waals surface area contributed by atoms with Crippen LogP contribution in [0.2, 0.25) is 0 Å². The Morgan fingerprint density at radius 1 is 1.21 bits per heavy atom. The number of carbonyl (C=O) groups is 1. The molecule has 0 saturated carbocycles. The van der Waals surface area contributed by atoms with Gasteiger partial charge in [-0.3, -0.25) is 11.4 Å². The second kappa shape index (κ2) is 7.10. The fraction of sp³-hybridized carbons (Fsp3) is 0.133. The molecule has 0 aliphatic heterocycles. The van der Waals surface area contributed by atoms with Gasteiger partial charge < -0.3 is 15.5 Å². The van der Waals surface area contributed by atoms with Crippen LogP contribution in [0.5, 0.6) is 5.75 Å². The number of ether oxygens (including phenoxy) is 2. The third kappa shape index (κ3) is 4.22. The Bertz CT molecular complexity index is 593. The number of aryl methyl sites for hydroxylation is 1. The molecule has 2 aromatic rings. The van der Waals surface area contributed by atoms with Gasteiger partial charge in [0.1, 0.15) is 5.75 Å². The Hall–Kier alpha value is -1.60. The summed E-state index contributed by atoms with van der Waals surface area (Å²) in [5.41, 5.74) is 1.21. The van der Waals surface area contributed by atoms with E-state index < -0.39 is 5.97 Å². The summed E-state index contributed by atoms with van der Waals surface area (Å²) in [4.78, 5) is 10.8. The predicted molar refractivity (Wildman–Crippen MR) is 69.1 cm³/mol. The van der Waals surface area contributed by atoms with Crippen LogP contribution in [0.15, 0.2) is 43.0 Å². The van der Waals surface area contributed by atoms with E-state index in [1.165, 1.54) is 5.56 Å². The van der Waals surface area contributed by atoms with E-state index in [9.17, 15) is 4.79 Å². The van der Waals surface area contributed by atoms with Crippen molar-refractivity contribution in [1.82, 2.24) is 0 Å². The van der Waals surface area contributed by atoms with Crippen molar-refractivity contribution in [3.8, 4) is 5.75 Å². The van der Waals surface area contributed by atoms with Crippen LogP contribution in [0.4, 0.5) is 0 Å². The molecule has 0 bridgehead atoms. The van der Waals surface area contributed by atoms with Crippen LogP contribution in [0.1, 0.15) is 5.56 Å². The van der Waals surface area contributed by atoms with Gasteiger partial charge in [0.05, 0.1) is 0 Å². The van der Waals surface area contributed by atoms with E-state index in [0.717, 1.165) is 10.8 Å². The molecule has 0 atom stereocenters. The molecule has 0 spiro atoms. The first-order valence-electron chi connectivity index (χ1n) is 5.52. The summed E-state index contributed by atoms with van der Waals surface area (Å²) in [6, 6.07) is 11.9. The minimum atomic E-state index is -0.619. The molecule has 19 heavy (non-hydrogen) atoms. The molecule has 0 aliphatic carbocycles. The summed E-state index contributed by atoms with van der Waals surface area (Å²) in [7, 11) is 0. The quantitative estimate of drug-likeness (QED) is 0.327. The fourth-order valence-electron chi connectivity index (χ4n) is 1.64. The molecule has 4 heteroatoms. The van der Waals surface area contributed by atoms with E-state index in [1.807, 2.05) is 30.3 Å². The minimum absolute atomic E-state index is 0. The molecule has 0 unspecified atom stereocenters. The van der Waals surface area contributed by atoms with Crippen molar-refractivity contribution in [2.24, 2.45) is 0 Å². The Labute approximate surface area is 126 Å². The molecule has 2 rings (SSSR count). The van der Waals surface area contributed by atoms with E-state index in [0.29, 0.717) is 5.75 Å². The molecule has 0 heterocycles. The van der Waals surface area contributed by atoms with Gasteiger partial charge in [-0.05, 0) is 29.8 Å². The molecule has 3 nitrogen and oxygen atoms in total. The van der Waals surface area contributed by atoms with E-state index >= 15 is 0 Å². The molecule has 0 amide bonds. The summed E-state index contributed by atoms with van der Waals surface area (Å²) < 4.78 is 10.00. The number of benzene rings is 2. The first-order chi connectivity index (χ1) is 8.69. The van der Waals surface area contributed by atoms with Crippen LogP contribution in [-0.2, 0) is 30.6 Å². The zero-order valence-corrected chi connectivity index (χ0v) is 13.4. The van der Waals surface area contributed by atoms with Gasteiger partial charge in [-0.2, -0.15) is 0 Å². The van der Waals surface area contributed by atoms with Gasteiger partial charge >= 0.3 is 0 Å². The first-order valence-corrected chi connectivity index (χ1v) is 5.52. The smallest absolute Gasteiger partial charge is 0.231 e. The third-order valence-corrected chi connectivity index (χ3v) is 2.53. The summed E-state index contributed by atoms with van der Waals surface area (Å²) in [5, 5.41) is 2.23. The molecular weight excluding hydrogens is 412 g/mol. The normalized spacial score (nSPS) is 9.53. The van der Waals surface area contributed by atoms with Gasteiger partial charge in [-0.25, -0.2) is 0 Å². The molecule has 0 saturated heterocycles. The molecular formula is C15H13O3W-. The first kappa shape index (κ1) is 15.5. The average molecular weight is 425 g/mol. The molecule has 0 aromatic heterocycles. The second-order valence-corrected chi connectivity index (χ2v) is 3.88. The Morgan fingerprint density at radius 2 is 1.89 bits per heavy atom. The maximum atomic E-state index is 10.8. The van der Waals surface area contributed by atoms with Crippen LogP contribution in [0.25, 0.3) is 10.8 Å². The summed E-state index contributed by atoms with van der Waals surface area (Å²) >= 11 is 0. The van der Waals surface area contributed by atoms with E-state index in [-0.39, 0.29) is 27.9 Å². The SMILES string of the molecule is C=[C-]C(=O)OCOc1ccc2cc(C)ccc2c1.[W]. The molecule has 2 aromatic carbocycles. The van der Waals surface area contributed by atoms with Crippen molar-refractivity contribution in [2.75, 3.05) is 6.79 Å². The fourth-order valence-corrected chi connectivity index (χ4v) is 1.64. The Balaban J connectivity index is 0.00000180. The van der Waals surface area contributed by atoms with Crippen molar-refractivity contribution in [3.05, 3.63) is 54.6 Å². The van der Waals surface area contributed by atoms with Crippen molar-refractivity contribution < 1.29 is 35.3 Å². The van der Waals surface area contributed by atoms with E-state index in [4.69, 9.17) is 9.47 Å². The topological polar surface area (TPSA) is 35.5 Å². The Kier molecular flexibility index (Phi) is 5.78. The number of rotatable bonds is 4. The van der Waals surface area contributed by atoms with Gasteiger partial charge in [0.15, 0.2) is 5.97 Å². The standard InChI is InChI=1S/C15H13O3.W/c1-3-15(16)18-10-17-14-7-6-12-8-11(2)4-5-13(12)9-14;/h4-9H,1,10H2,2H3;/q-1;. The van der Waals surface area contributed by atoms with Crippen LogP contribution >= 0.6 is 0 Å². The molecule has 98 valence electrons. The minimum Gasteiger partial charge on any atom is -0.457 e. The van der Waals surface area contributed by atoms with E-state index in [2.05, 4.69) is 25.6 Å². The van der Waals surface area contributed by atoms with Crippen molar-refractivity contribution in [2.45, 2.75) is 6.92 Å². The van der Waals surface area contributed by atoms with Gasteiger partial charge in [0.2, 0.25) is 6.79 Å². The van der Waals surface area contributed by atoms with Crippen LogP contribution in [-0.4, -0.2) is 12.8 Å². The zero-order valence-electron chi connectivity index (χ0n) is 10.5. The summed E-state index contributed by atoms with van der Waals surface area (Å²) in [6.45, 7) is 5.09. The molecule has 0 fully saturated rings. The number of esters is 1. The number of fused-ring (bicyclic) bond motifs is 1. The van der Waals surface area contributed by atoms with Crippen molar-refractivity contribution in [1.29, 1.82) is 0 Å². The van der Waals surface area contributed by atoms with Gasteiger partial charge in [-0.15, -0.1) is 0 Å². The molecule has 0 N–H and O–H groups in total. The number of carbonyl (C=O) groups excluding carboxylic acids is 1. The zero-order chi connectivity index (χ0) is 13.0. The third-order valence-electron chi connectivity index (χ3n) is 2.53. The Morgan fingerprint density at radius 3 is 2.63 bits per heavy atom. The maximum Gasteiger partial charge on any atom is 0.231 e. The summed E-state index contributed by atoms with van der Waals surface area (Å²) in [6.07, 6.45) is 2.10. The molecule has 0 aliphatic rings. The van der Waals surface area contributed by atoms with E-state index in [1.54, 1.807) is 0 Å². The van der Waals surface area contributed by atoms with Crippen molar-refractivity contribution in [3.63, 3.8) is 0 Å². The number of hydrogen-bond donors (Lipinski definition) is 0. The van der Waals surface area contributed by atoms with Gasteiger partial charge in [0, 0.05) is 21.1 Å².